The summed E-state index contributed by atoms with van der Waals surface area (Å²) in [5.74, 6) is -0.989. The molecule has 0 aliphatic heterocycles. The Morgan fingerprint density at radius 2 is 2.00 bits per heavy atom. The second-order valence-corrected chi connectivity index (χ2v) is 3.76. The minimum absolute atomic E-state index is 0.193. The average Bonchev–Trinajstić information content (AvgIpc) is 2.15. The lowest BCUT2D eigenvalue weighted by Crippen LogP contribution is -2.14. The fourth-order valence-electron chi connectivity index (χ4n) is 1.02. The predicted molar refractivity (Wildman–Crippen MR) is 56.3 cm³/mol. The zero-order valence-corrected chi connectivity index (χ0v) is 8.12. The molecule has 0 fully saturated rings. The quantitative estimate of drug-likeness (QED) is 0.520. The van der Waals surface area contributed by atoms with Crippen molar-refractivity contribution in [1.29, 1.82) is 5.41 Å². The number of carbonyl (C=O) groups is 1. The van der Waals surface area contributed by atoms with Crippen molar-refractivity contribution in [3.8, 4) is 0 Å². The smallest absolute Gasteiger partial charge is 0.321 e. The Hall–Kier alpha value is -1.49. The number of aliphatic carboxylic acids is 1. The van der Waals surface area contributed by atoms with Gasteiger partial charge in [-0.1, -0.05) is 42.1 Å². The third-order valence-electron chi connectivity index (χ3n) is 1.57. The lowest BCUT2D eigenvalue weighted by molar-refractivity contribution is -0.136. The van der Waals surface area contributed by atoms with Gasteiger partial charge >= 0.3 is 5.97 Å². The van der Waals surface area contributed by atoms with E-state index in [1.54, 1.807) is 30.3 Å². The van der Waals surface area contributed by atoms with Crippen molar-refractivity contribution in [1.82, 2.24) is 0 Å². The van der Waals surface area contributed by atoms with E-state index in [2.05, 4.69) is 0 Å². The van der Waals surface area contributed by atoms with Crippen molar-refractivity contribution >= 4 is 22.9 Å². The van der Waals surface area contributed by atoms with Crippen LogP contribution in [-0.2, 0) is 4.79 Å². The van der Waals surface area contributed by atoms with E-state index in [-0.39, 0.29) is 5.17 Å². The number of carboxylic acids is 1. The van der Waals surface area contributed by atoms with E-state index in [9.17, 15) is 4.79 Å². The number of amidine groups is 1. The number of nitrogens with two attached hydrogens (primary N) is 1. The summed E-state index contributed by atoms with van der Waals surface area (Å²) in [4.78, 5) is 10.9. The van der Waals surface area contributed by atoms with E-state index in [1.807, 2.05) is 0 Å². The standard InChI is InChI=1S/C9H10N2O2S/c10-9(11)14-7(8(12)13)6-4-2-1-3-5-6/h1-5,7H,(H3,10,11)(H,12,13). The first kappa shape index (κ1) is 10.6. The van der Waals surface area contributed by atoms with Crippen LogP contribution in [0.25, 0.3) is 0 Å². The van der Waals surface area contributed by atoms with Crippen LogP contribution in [0.5, 0.6) is 0 Å². The van der Waals surface area contributed by atoms with E-state index in [4.69, 9.17) is 16.2 Å². The number of carboxylic acid groups (broad SMARTS) is 1. The molecule has 1 unspecified atom stereocenters. The zero-order chi connectivity index (χ0) is 10.6. The first-order valence-corrected chi connectivity index (χ1v) is 4.77. The topological polar surface area (TPSA) is 87.2 Å². The molecule has 0 bridgehead atoms. The van der Waals surface area contributed by atoms with Crippen molar-refractivity contribution in [2.45, 2.75) is 5.25 Å². The second kappa shape index (κ2) is 4.66. The van der Waals surface area contributed by atoms with Crippen LogP contribution >= 0.6 is 11.8 Å². The molecule has 0 radical (unpaired) electrons. The summed E-state index contributed by atoms with van der Waals surface area (Å²) in [7, 11) is 0. The van der Waals surface area contributed by atoms with E-state index >= 15 is 0 Å². The van der Waals surface area contributed by atoms with Gasteiger partial charge in [0.25, 0.3) is 0 Å². The summed E-state index contributed by atoms with van der Waals surface area (Å²) in [6.45, 7) is 0. The zero-order valence-electron chi connectivity index (χ0n) is 7.31. The van der Waals surface area contributed by atoms with Gasteiger partial charge in [0.15, 0.2) is 5.17 Å². The number of nitrogens with one attached hydrogen (secondary N) is 1. The average molecular weight is 210 g/mol. The Labute approximate surface area is 85.6 Å². The molecular formula is C9H10N2O2S. The molecule has 0 aromatic heterocycles. The van der Waals surface area contributed by atoms with Crippen molar-refractivity contribution in [2.24, 2.45) is 5.73 Å². The molecule has 1 rings (SSSR count). The highest BCUT2D eigenvalue weighted by atomic mass is 32.2. The molecule has 4 N–H and O–H groups in total. The molecule has 0 saturated heterocycles. The molecule has 0 saturated carbocycles. The molecule has 0 aliphatic carbocycles. The van der Waals surface area contributed by atoms with Gasteiger partial charge in [0.1, 0.15) is 5.25 Å². The van der Waals surface area contributed by atoms with Crippen LogP contribution in [0, 0.1) is 5.41 Å². The van der Waals surface area contributed by atoms with Crippen LogP contribution in [0.4, 0.5) is 0 Å². The molecule has 5 heteroatoms. The normalized spacial score (nSPS) is 12.0. The maximum absolute atomic E-state index is 10.9. The number of benzene rings is 1. The van der Waals surface area contributed by atoms with Gasteiger partial charge in [0, 0.05) is 0 Å². The molecule has 0 amide bonds. The first-order chi connectivity index (χ1) is 6.61. The van der Waals surface area contributed by atoms with Crippen LogP contribution in [0.3, 0.4) is 0 Å². The molecule has 0 spiro atoms. The van der Waals surface area contributed by atoms with Crippen molar-refractivity contribution in [2.75, 3.05) is 0 Å². The van der Waals surface area contributed by atoms with Crippen LogP contribution in [0.2, 0.25) is 0 Å². The first-order valence-electron chi connectivity index (χ1n) is 3.89. The number of hydrogen-bond donors (Lipinski definition) is 3. The van der Waals surface area contributed by atoms with Gasteiger partial charge in [-0.3, -0.25) is 10.2 Å². The summed E-state index contributed by atoms with van der Waals surface area (Å²) in [6, 6.07) is 8.72. The van der Waals surface area contributed by atoms with Crippen LogP contribution in [-0.4, -0.2) is 16.2 Å². The van der Waals surface area contributed by atoms with Gasteiger partial charge in [-0.15, -0.1) is 0 Å². The van der Waals surface area contributed by atoms with Gasteiger partial charge < -0.3 is 10.8 Å². The lowest BCUT2D eigenvalue weighted by atomic mass is 10.1. The third kappa shape index (κ3) is 2.77. The summed E-state index contributed by atoms with van der Waals surface area (Å²) in [6.07, 6.45) is 0. The molecular weight excluding hydrogens is 200 g/mol. The fraction of sp³-hybridized carbons (Fsp3) is 0.111. The maximum Gasteiger partial charge on any atom is 0.321 e. The Bertz CT molecular complexity index is 340. The highest BCUT2D eigenvalue weighted by molar-refractivity contribution is 8.14. The Morgan fingerprint density at radius 3 is 2.43 bits per heavy atom. The highest BCUT2D eigenvalue weighted by Gasteiger charge is 2.21. The van der Waals surface area contributed by atoms with Gasteiger partial charge in [-0.25, -0.2) is 0 Å². The van der Waals surface area contributed by atoms with Gasteiger partial charge in [-0.2, -0.15) is 0 Å². The molecule has 1 aromatic carbocycles. The van der Waals surface area contributed by atoms with Gasteiger partial charge in [0.05, 0.1) is 0 Å². The summed E-state index contributed by atoms with van der Waals surface area (Å²) < 4.78 is 0. The summed E-state index contributed by atoms with van der Waals surface area (Å²) in [5.41, 5.74) is 5.79. The van der Waals surface area contributed by atoms with E-state index < -0.39 is 11.2 Å². The maximum atomic E-state index is 10.9. The van der Waals surface area contributed by atoms with Crippen molar-refractivity contribution in [3.05, 3.63) is 35.9 Å². The Balaban J connectivity index is 2.89. The number of rotatable bonds is 3. The van der Waals surface area contributed by atoms with E-state index in [0.29, 0.717) is 5.56 Å². The highest BCUT2D eigenvalue weighted by Crippen LogP contribution is 2.28. The lowest BCUT2D eigenvalue weighted by Gasteiger charge is -2.10. The predicted octanol–water partition coefficient (Wildman–Crippen LogP) is 1.44. The summed E-state index contributed by atoms with van der Waals surface area (Å²) >= 11 is 0.822. The monoisotopic (exact) mass is 210 g/mol. The third-order valence-corrected chi connectivity index (χ3v) is 2.53. The number of thioether (sulfide) groups is 1. The molecule has 1 aromatic rings. The fourth-order valence-corrected chi connectivity index (χ4v) is 1.66. The molecule has 4 nitrogen and oxygen atoms in total. The molecule has 14 heavy (non-hydrogen) atoms. The van der Waals surface area contributed by atoms with Crippen LogP contribution in [0.1, 0.15) is 10.8 Å². The largest absolute Gasteiger partial charge is 0.480 e. The minimum atomic E-state index is -0.989. The Morgan fingerprint density at radius 1 is 1.43 bits per heavy atom. The molecule has 1 atom stereocenters. The van der Waals surface area contributed by atoms with Crippen LogP contribution < -0.4 is 5.73 Å². The van der Waals surface area contributed by atoms with Gasteiger partial charge in [0.2, 0.25) is 0 Å². The van der Waals surface area contributed by atoms with E-state index in [1.165, 1.54) is 0 Å². The SMILES string of the molecule is N=C(N)SC(C(=O)O)c1ccccc1. The molecule has 74 valence electrons. The second-order valence-electron chi connectivity index (χ2n) is 2.61. The van der Waals surface area contributed by atoms with Crippen molar-refractivity contribution < 1.29 is 9.90 Å². The Kier molecular flexibility index (Phi) is 3.53. The molecule has 0 aliphatic rings. The minimum Gasteiger partial charge on any atom is -0.480 e. The van der Waals surface area contributed by atoms with Crippen molar-refractivity contribution in [3.63, 3.8) is 0 Å². The van der Waals surface area contributed by atoms with Crippen LogP contribution in [0.15, 0.2) is 30.3 Å². The van der Waals surface area contributed by atoms with E-state index in [0.717, 1.165) is 11.8 Å². The number of hydrogen-bond acceptors (Lipinski definition) is 3. The van der Waals surface area contributed by atoms with Gasteiger partial charge in [-0.05, 0) is 5.56 Å². The summed E-state index contributed by atoms with van der Waals surface area (Å²) in [5, 5.41) is 15.0. The molecule has 0 heterocycles.